The fraction of sp³-hybridized carbons (Fsp3) is 0.250. The minimum atomic E-state index is -0.0712. The Labute approximate surface area is 88.8 Å². The third kappa shape index (κ3) is 2.37. The van der Waals surface area contributed by atoms with Crippen LogP contribution in [0.4, 0.5) is 5.69 Å². The van der Waals surface area contributed by atoms with Crippen LogP contribution in [0, 0.1) is 6.92 Å². The van der Waals surface area contributed by atoms with Gasteiger partial charge in [-0.05, 0) is 24.6 Å². The van der Waals surface area contributed by atoms with Gasteiger partial charge in [0.25, 0.3) is 5.91 Å². The molecule has 1 aromatic rings. The molecular formula is C12H13NO2. The summed E-state index contributed by atoms with van der Waals surface area (Å²) >= 11 is 0. The summed E-state index contributed by atoms with van der Waals surface area (Å²) in [5.74, 6) is -0.0712. The summed E-state index contributed by atoms with van der Waals surface area (Å²) in [5, 5.41) is 2.84. The van der Waals surface area contributed by atoms with Crippen molar-refractivity contribution < 1.29 is 9.53 Å². The van der Waals surface area contributed by atoms with Crippen LogP contribution >= 0.6 is 0 Å². The minimum Gasteiger partial charge on any atom is -0.500 e. The average molecular weight is 203 g/mol. The molecule has 0 aromatic heterocycles. The van der Waals surface area contributed by atoms with Crippen LogP contribution in [0.3, 0.4) is 0 Å². The van der Waals surface area contributed by atoms with Crippen LogP contribution in [0.15, 0.2) is 36.1 Å². The van der Waals surface area contributed by atoms with Crippen molar-refractivity contribution in [2.24, 2.45) is 0 Å². The monoisotopic (exact) mass is 203 g/mol. The molecule has 3 nitrogen and oxygen atoms in total. The number of amides is 1. The molecule has 78 valence electrons. The molecule has 0 atom stereocenters. The lowest BCUT2D eigenvalue weighted by molar-refractivity contribution is -0.112. The first kappa shape index (κ1) is 9.77. The molecule has 1 N–H and O–H groups in total. The van der Waals surface area contributed by atoms with E-state index in [0.29, 0.717) is 18.6 Å². The van der Waals surface area contributed by atoms with Crippen molar-refractivity contribution in [3.8, 4) is 0 Å². The fourth-order valence-electron chi connectivity index (χ4n) is 1.49. The highest BCUT2D eigenvalue weighted by Gasteiger charge is 2.14. The fourth-order valence-corrected chi connectivity index (χ4v) is 1.49. The number of carbonyl (C=O) groups excluding carboxylic acids is 1. The first-order chi connectivity index (χ1) is 7.25. The number of nitrogens with one attached hydrogen (secondary N) is 1. The lowest BCUT2D eigenvalue weighted by Crippen LogP contribution is -2.13. The van der Waals surface area contributed by atoms with Gasteiger partial charge in [-0.3, -0.25) is 4.79 Å². The Morgan fingerprint density at radius 3 is 3.00 bits per heavy atom. The number of carbonyl (C=O) groups is 1. The molecule has 0 saturated heterocycles. The van der Waals surface area contributed by atoms with Crippen LogP contribution in [0.5, 0.6) is 0 Å². The van der Waals surface area contributed by atoms with Crippen molar-refractivity contribution in [2.45, 2.75) is 13.3 Å². The molecule has 1 aromatic carbocycles. The summed E-state index contributed by atoms with van der Waals surface area (Å²) in [6.07, 6.45) is 2.22. The first-order valence-corrected chi connectivity index (χ1v) is 4.94. The highest BCUT2D eigenvalue weighted by Crippen LogP contribution is 2.15. The van der Waals surface area contributed by atoms with Crippen LogP contribution in [0.25, 0.3) is 0 Å². The van der Waals surface area contributed by atoms with Crippen molar-refractivity contribution in [2.75, 3.05) is 11.9 Å². The lowest BCUT2D eigenvalue weighted by Gasteiger charge is -2.05. The Morgan fingerprint density at radius 1 is 1.47 bits per heavy atom. The van der Waals surface area contributed by atoms with Crippen molar-refractivity contribution in [1.82, 2.24) is 0 Å². The number of ether oxygens (including phenoxy) is 1. The predicted octanol–water partition coefficient (Wildman–Crippen LogP) is 2.24. The zero-order valence-corrected chi connectivity index (χ0v) is 8.62. The molecule has 0 saturated carbocycles. The highest BCUT2D eigenvalue weighted by molar-refractivity contribution is 6.03. The molecule has 1 heterocycles. The van der Waals surface area contributed by atoms with Crippen molar-refractivity contribution in [3.05, 3.63) is 41.7 Å². The number of aryl methyl sites for hydroxylation is 1. The van der Waals surface area contributed by atoms with E-state index < -0.39 is 0 Å². The zero-order chi connectivity index (χ0) is 10.7. The van der Waals surface area contributed by atoms with Crippen molar-refractivity contribution in [1.29, 1.82) is 0 Å². The summed E-state index contributed by atoms with van der Waals surface area (Å²) in [7, 11) is 0. The van der Waals surface area contributed by atoms with Gasteiger partial charge in [0, 0.05) is 12.1 Å². The summed E-state index contributed by atoms with van der Waals surface area (Å²) in [4.78, 5) is 11.7. The first-order valence-electron chi connectivity index (χ1n) is 4.94. The standard InChI is InChI=1S/C12H13NO2/c1-9-3-2-4-11(7-9)13-12(14)10-5-6-15-8-10/h2-4,7-8H,5-6H2,1H3,(H,13,14). The van der Waals surface area contributed by atoms with Crippen LogP contribution in [-0.2, 0) is 9.53 Å². The summed E-state index contributed by atoms with van der Waals surface area (Å²) < 4.78 is 5.02. The van der Waals surface area contributed by atoms with Crippen LogP contribution < -0.4 is 5.32 Å². The van der Waals surface area contributed by atoms with Crippen molar-refractivity contribution in [3.63, 3.8) is 0 Å². The second kappa shape index (κ2) is 4.17. The number of benzene rings is 1. The third-order valence-corrected chi connectivity index (χ3v) is 2.28. The molecule has 1 aliphatic rings. The van der Waals surface area contributed by atoms with Crippen LogP contribution in [-0.4, -0.2) is 12.5 Å². The van der Waals surface area contributed by atoms with E-state index in [0.717, 1.165) is 11.3 Å². The summed E-state index contributed by atoms with van der Waals surface area (Å²) in [5.41, 5.74) is 2.66. The number of rotatable bonds is 2. The van der Waals surface area contributed by atoms with Crippen LogP contribution in [0.2, 0.25) is 0 Å². The van der Waals surface area contributed by atoms with Gasteiger partial charge in [-0.1, -0.05) is 12.1 Å². The molecule has 0 aliphatic carbocycles. The molecule has 0 fully saturated rings. The normalized spacial score (nSPS) is 14.3. The Bertz CT molecular complexity index is 410. The van der Waals surface area contributed by atoms with E-state index in [1.807, 2.05) is 31.2 Å². The van der Waals surface area contributed by atoms with Gasteiger partial charge in [0.2, 0.25) is 0 Å². The van der Waals surface area contributed by atoms with Gasteiger partial charge in [0.05, 0.1) is 18.4 Å². The van der Waals surface area contributed by atoms with Gasteiger partial charge >= 0.3 is 0 Å². The second-order valence-corrected chi connectivity index (χ2v) is 3.59. The summed E-state index contributed by atoms with van der Waals surface area (Å²) in [6, 6.07) is 7.73. The van der Waals surface area contributed by atoms with E-state index in [4.69, 9.17) is 4.74 Å². The second-order valence-electron chi connectivity index (χ2n) is 3.59. The van der Waals surface area contributed by atoms with Gasteiger partial charge in [-0.2, -0.15) is 0 Å². The molecular weight excluding hydrogens is 190 g/mol. The molecule has 0 bridgehead atoms. The minimum absolute atomic E-state index is 0.0712. The van der Waals surface area contributed by atoms with Gasteiger partial charge in [0.15, 0.2) is 0 Å². The lowest BCUT2D eigenvalue weighted by atomic mass is 10.2. The largest absolute Gasteiger partial charge is 0.500 e. The molecule has 2 rings (SSSR count). The molecule has 1 amide bonds. The Kier molecular flexibility index (Phi) is 2.72. The van der Waals surface area contributed by atoms with E-state index in [9.17, 15) is 4.79 Å². The van der Waals surface area contributed by atoms with Gasteiger partial charge in [-0.25, -0.2) is 0 Å². The number of hydrogen-bond acceptors (Lipinski definition) is 2. The quantitative estimate of drug-likeness (QED) is 0.800. The molecule has 1 aliphatic heterocycles. The third-order valence-electron chi connectivity index (χ3n) is 2.28. The van der Waals surface area contributed by atoms with E-state index in [2.05, 4.69) is 5.32 Å². The maximum absolute atomic E-state index is 11.7. The Hall–Kier alpha value is -1.77. The Balaban J connectivity index is 2.05. The number of hydrogen-bond donors (Lipinski definition) is 1. The topological polar surface area (TPSA) is 38.3 Å². The van der Waals surface area contributed by atoms with Crippen molar-refractivity contribution >= 4 is 11.6 Å². The van der Waals surface area contributed by atoms with Gasteiger partial charge in [0.1, 0.15) is 0 Å². The highest BCUT2D eigenvalue weighted by atomic mass is 16.5. The summed E-state index contributed by atoms with van der Waals surface area (Å²) in [6.45, 7) is 2.60. The molecule has 0 spiro atoms. The SMILES string of the molecule is Cc1cccc(NC(=O)C2=COCC2)c1. The van der Waals surface area contributed by atoms with Gasteiger partial charge in [-0.15, -0.1) is 0 Å². The van der Waals surface area contributed by atoms with E-state index in [-0.39, 0.29) is 5.91 Å². The predicted molar refractivity (Wildman–Crippen MR) is 58.5 cm³/mol. The maximum Gasteiger partial charge on any atom is 0.254 e. The molecule has 15 heavy (non-hydrogen) atoms. The number of anilines is 1. The maximum atomic E-state index is 11.7. The average Bonchev–Trinajstić information content (AvgIpc) is 2.70. The van der Waals surface area contributed by atoms with E-state index >= 15 is 0 Å². The van der Waals surface area contributed by atoms with Crippen LogP contribution in [0.1, 0.15) is 12.0 Å². The van der Waals surface area contributed by atoms with Gasteiger partial charge < -0.3 is 10.1 Å². The molecule has 3 heteroatoms. The Morgan fingerprint density at radius 2 is 2.33 bits per heavy atom. The van der Waals surface area contributed by atoms with E-state index in [1.165, 1.54) is 6.26 Å². The molecule has 0 radical (unpaired) electrons. The van der Waals surface area contributed by atoms with E-state index in [1.54, 1.807) is 0 Å². The zero-order valence-electron chi connectivity index (χ0n) is 8.62. The molecule has 0 unspecified atom stereocenters. The smallest absolute Gasteiger partial charge is 0.254 e.